The second kappa shape index (κ2) is 7.64. The van der Waals surface area contributed by atoms with Gasteiger partial charge in [0, 0.05) is 31.7 Å². The first kappa shape index (κ1) is 17.8. The highest BCUT2D eigenvalue weighted by atomic mass is 32.1. The van der Waals surface area contributed by atoms with Gasteiger partial charge in [0.15, 0.2) is 5.82 Å². The van der Waals surface area contributed by atoms with Crippen molar-refractivity contribution in [3.05, 3.63) is 77.0 Å². The van der Waals surface area contributed by atoms with Gasteiger partial charge in [-0.2, -0.15) is 0 Å². The summed E-state index contributed by atoms with van der Waals surface area (Å²) >= 11 is 1.49. The first-order chi connectivity index (χ1) is 14.3. The number of piperazine rings is 1. The molecular weight excluding hydrogens is 380 g/mol. The Kier molecular flexibility index (Phi) is 4.69. The van der Waals surface area contributed by atoms with Gasteiger partial charge in [-0.25, -0.2) is 0 Å². The van der Waals surface area contributed by atoms with E-state index in [1.807, 2.05) is 46.7 Å². The van der Waals surface area contributed by atoms with Crippen molar-refractivity contribution in [2.45, 2.75) is 0 Å². The molecule has 0 radical (unpaired) electrons. The van der Waals surface area contributed by atoms with Crippen LogP contribution in [0.5, 0.6) is 0 Å². The van der Waals surface area contributed by atoms with Gasteiger partial charge in [-0.1, -0.05) is 42.5 Å². The molecule has 0 atom stereocenters. The zero-order valence-electron chi connectivity index (χ0n) is 15.9. The normalized spacial score (nSPS) is 14.3. The SMILES string of the molecule is O=C(c1cccs1)N1CCN(c2ccc(-c3ccc4ccccc4c3)nn2)CC1. The van der Waals surface area contributed by atoms with E-state index in [0.29, 0.717) is 13.1 Å². The highest BCUT2D eigenvalue weighted by Gasteiger charge is 2.23. The molecule has 0 saturated carbocycles. The number of hydrogen-bond acceptors (Lipinski definition) is 5. The van der Waals surface area contributed by atoms with Gasteiger partial charge in [0.1, 0.15) is 0 Å². The first-order valence-electron chi connectivity index (χ1n) is 9.68. The minimum atomic E-state index is 0.123. The molecule has 0 spiro atoms. The lowest BCUT2D eigenvalue weighted by Gasteiger charge is -2.35. The number of hydrogen-bond donors (Lipinski definition) is 0. The van der Waals surface area contributed by atoms with Gasteiger partial charge in [-0.05, 0) is 40.4 Å². The van der Waals surface area contributed by atoms with Crippen LogP contribution in [-0.2, 0) is 0 Å². The number of rotatable bonds is 3. The third-order valence-corrected chi connectivity index (χ3v) is 6.18. The zero-order valence-corrected chi connectivity index (χ0v) is 16.7. The second-order valence-corrected chi connectivity index (χ2v) is 8.04. The molecule has 0 aliphatic carbocycles. The lowest BCUT2D eigenvalue weighted by atomic mass is 10.1. The van der Waals surface area contributed by atoms with Crippen LogP contribution in [0.1, 0.15) is 9.67 Å². The average molecular weight is 401 g/mol. The fourth-order valence-corrected chi connectivity index (χ4v) is 4.38. The summed E-state index contributed by atoms with van der Waals surface area (Å²) < 4.78 is 0. The number of thiophene rings is 1. The molecule has 1 aliphatic rings. The van der Waals surface area contributed by atoms with Crippen molar-refractivity contribution >= 4 is 33.8 Å². The third kappa shape index (κ3) is 3.59. The molecule has 2 aromatic carbocycles. The molecule has 29 heavy (non-hydrogen) atoms. The van der Waals surface area contributed by atoms with Gasteiger partial charge in [-0.15, -0.1) is 21.5 Å². The van der Waals surface area contributed by atoms with E-state index in [0.717, 1.165) is 35.0 Å². The lowest BCUT2D eigenvalue weighted by Crippen LogP contribution is -2.48. The molecule has 0 bridgehead atoms. The number of anilines is 1. The third-order valence-electron chi connectivity index (χ3n) is 5.32. The Morgan fingerprint density at radius 3 is 2.38 bits per heavy atom. The van der Waals surface area contributed by atoms with Gasteiger partial charge < -0.3 is 9.80 Å². The standard InChI is InChI=1S/C23H20N4OS/c28-23(21-6-3-15-29-21)27-13-11-26(12-14-27)22-10-9-20(24-25-22)19-8-7-17-4-1-2-5-18(17)16-19/h1-10,15-16H,11-14H2. The molecule has 4 aromatic rings. The fraction of sp³-hybridized carbons (Fsp3) is 0.174. The van der Waals surface area contributed by atoms with Crippen LogP contribution in [-0.4, -0.2) is 47.2 Å². The summed E-state index contributed by atoms with van der Waals surface area (Å²) in [7, 11) is 0. The van der Waals surface area contributed by atoms with E-state index in [2.05, 4.69) is 45.4 Å². The highest BCUT2D eigenvalue weighted by Crippen LogP contribution is 2.24. The molecule has 144 valence electrons. The fourth-order valence-electron chi connectivity index (χ4n) is 3.69. The Hall–Kier alpha value is -3.25. The Morgan fingerprint density at radius 1 is 0.828 bits per heavy atom. The zero-order chi connectivity index (χ0) is 19.6. The maximum absolute atomic E-state index is 12.5. The van der Waals surface area contributed by atoms with Crippen LogP contribution in [0.25, 0.3) is 22.0 Å². The Morgan fingerprint density at radius 2 is 1.66 bits per heavy atom. The maximum atomic E-state index is 12.5. The summed E-state index contributed by atoms with van der Waals surface area (Å²) in [6.45, 7) is 2.93. The van der Waals surface area contributed by atoms with E-state index in [-0.39, 0.29) is 5.91 Å². The van der Waals surface area contributed by atoms with Crippen molar-refractivity contribution in [1.82, 2.24) is 15.1 Å². The molecule has 1 saturated heterocycles. The predicted molar refractivity (Wildman–Crippen MR) is 117 cm³/mol. The summed E-state index contributed by atoms with van der Waals surface area (Å²) in [4.78, 5) is 17.4. The van der Waals surface area contributed by atoms with E-state index in [9.17, 15) is 4.79 Å². The number of amides is 1. The summed E-state index contributed by atoms with van der Waals surface area (Å²) in [6.07, 6.45) is 0. The topological polar surface area (TPSA) is 49.3 Å². The number of aromatic nitrogens is 2. The van der Waals surface area contributed by atoms with Gasteiger partial charge in [0.25, 0.3) is 5.91 Å². The maximum Gasteiger partial charge on any atom is 0.264 e. The Bertz CT molecular complexity index is 1130. The predicted octanol–water partition coefficient (Wildman–Crippen LogP) is 4.32. The minimum absolute atomic E-state index is 0.123. The van der Waals surface area contributed by atoms with Crippen molar-refractivity contribution in [1.29, 1.82) is 0 Å². The average Bonchev–Trinajstić information content (AvgIpc) is 3.33. The number of nitrogens with zero attached hydrogens (tertiary/aromatic N) is 4. The van der Waals surface area contributed by atoms with Gasteiger partial charge in [-0.3, -0.25) is 4.79 Å². The Balaban J connectivity index is 1.27. The summed E-state index contributed by atoms with van der Waals surface area (Å²) in [5.74, 6) is 0.982. The molecule has 6 heteroatoms. The van der Waals surface area contributed by atoms with E-state index < -0.39 is 0 Å². The monoisotopic (exact) mass is 400 g/mol. The lowest BCUT2D eigenvalue weighted by molar-refractivity contribution is 0.0751. The minimum Gasteiger partial charge on any atom is -0.352 e. The number of carbonyl (C=O) groups is 1. The summed E-state index contributed by atoms with van der Waals surface area (Å²) in [5, 5.41) is 13.3. The van der Waals surface area contributed by atoms with Crippen LogP contribution in [0.3, 0.4) is 0 Å². The van der Waals surface area contributed by atoms with Crippen molar-refractivity contribution in [3.63, 3.8) is 0 Å². The van der Waals surface area contributed by atoms with Crippen LogP contribution in [0.2, 0.25) is 0 Å². The van der Waals surface area contributed by atoms with Crippen LogP contribution in [0.4, 0.5) is 5.82 Å². The van der Waals surface area contributed by atoms with Crippen LogP contribution in [0, 0.1) is 0 Å². The number of carbonyl (C=O) groups excluding carboxylic acids is 1. The molecule has 0 unspecified atom stereocenters. The highest BCUT2D eigenvalue weighted by molar-refractivity contribution is 7.12. The van der Waals surface area contributed by atoms with Crippen molar-refractivity contribution < 1.29 is 4.79 Å². The number of fused-ring (bicyclic) bond motifs is 1. The second-order valence-electron chi connectivity index (χ2n) is 7.10. The largest absolute Gasteiger partial charge is 0.352 e. The van der Waals surface area contributed by atoms with Crippen LogP contribution in [0.15, 0.2) is 72.1 Å². The van der Waals surface area contributed by atoms with E-state index in [1.165, 1.54) is 22.1 Å². The van der Waals surface area contributed by atoms with E-state index in [4.69, 9.17) is 0 Å². The molecular formula is C23H20N4OS. The van der Waals surface area contributed by atoms with Crippen molar-refractivity contribution in [2.24, 2.45) is 0 Å². The van der Waals surface area contributed by atoms with Crippen LogP contribution >= 0.6 is 11.3 Å². The van der Waals surface area contributed by atoms with Gasteiger partial charge in [0.05, 0.1) is 10.6 Å². The van der Waals surface area contributed by atoms with Crippen molar-refractivity contribution in [2.75, 3.05) is 31.1 Å². The Labute approximate surface area is 173 Å². The molecule has 1 fully saturated rings. The summed E-state index contributed by atoms with van der Waals surface area (Å²) in [5.41, 5.74) is 1.93. The molecule has 3 heterocycles. The van der Waals surface area contributed by atoms with Gasteiger partial charge >= 0.3 is 0 Å². The molecule has 5 nitrogen and oxygen atoms in total. The smallest absolute Gasteiger partial charge is 0.264 e. The molecule has 2 aromatic heterocycles. The molecule has 1 aliphatic heterocycles. The molecule has 5 rings (SSSR count). The molecule has 1 amide bonds. The van der Waals surface area contributed by atoms with Gasteiger partial charge in [0.2, 0.25) is 0 Å². The first-order valence-corrected chi connectivity index (χ1v) is 10.6. The number of benzene rings is 2. The van der Waals surface area contributed by atoms with E-state index in [1.54, 1.807) is 0 Å². The summed E-state index contributed by atoms with van der Waals surface area (Å²) in [6, 6.07) is 22.5. The van der Waals surface area contributed by atoms with Crippen LogP contribution < -0.4 is 4.90 Å². The van der Waals surface area contributed by atoms with E-state index >= 15 is 0 Å². The van der Waals surface area contributed by atoms with Crippen molar-refractivity contribution in [3.8, 4) is 11.3 Å². The quantitative estimate of drug-likeness (QED) is 0.514. The molecule has 0 N–H and O–H groups in total.